The fraction of sp³-hybridized carbons (Fsp3) is 0.290. The van der Waals surface area contributed by atoms with Gasteiger partial charge in [0, 0.05) is 48.4 Å². The molecule has 1 aromatic heterocycles. The molecular weight excluding hydrogens is 574 g/mol. The molecule has 0 spiro atoms. The average molecular weight is 608 g/mol. The van der Waals surface area contributed by atoms with Gasteiger partial charge in [-0.1, -0.05) is 0 Å². The first-order valence-electron chi connectivity index (χ1n) is 13.5. The number of hydrogen-bond acceptors (Lipinski definition) is 9. The van der Waals surface area contributed by atoms with Crippen LogP contribution >= 0.6 is 0 Å². The summed E-state index contributed by atoms with van der Waals surface area (Å²) in [6.45, 7) is 1.28. The van der Waals surface area contributed by atoms with Crippen molar-refractivity contribution in [3.63, 3.8) is 0 Å². The number of anilines is 1. The van der Waals surface area contributed by atoms with E-state index in [4.69, 9.17) is 23.7 Å². The van der Waals surface area contributed by atoms with Crippen LogP contribution in [0, 0.1) is 0 Å². The van der Waals surface area contributed by atoms with E-state index >= 15 is 0 Å². The summed E-state index contributed by atoms with van der Waals surface area (Å²) in [4.78, 5) is 18.1. The number of sulfonamides is 1. The van der Waals surface area contributed by atoms with Gasteiger partial charge >= 0.3 is 0 Å². The molecular formula is C31H33N3O8S. The van der Waals surface area contributed by atoms with E-state index in [0.717, 1.165) is 22.0 Å². The maximum absolute atomic E-state index is 13.4. The van der Waals surface area contributed by atoms with Crippen molar-refractivity contribution >= 4 is 32.4 Å². The molecule has 5 rings (SSSR count). The van der Waals surface area contributed by atoms with E-state index in [1.54, 1.807) is 39.7 Å². The van der Waals surface area contributed by atoms with Gasteiger partial charge in [-0.3, -0.25) is 9.78 Å². The smallest absolute Gasteiger partial charge is 0.255 e. The van der Waals surface area contributed by atoms with Crippen LogP contribution in [0.4, 0.5) is 5.69 Å². The normalized spacial score (nSPS) is 13.9. The Bertz CT molecular complexity index is 1740. The Hall–Kier alpha value is -4.39. The van der Waals surface area contributed by atoms with Crippen LogP contribution in [0.25, 0.3) is 10.8 Å². The number of aromatic nitrogens is 1. The zero-order valence-electron chi connectivity index (χ0n) is 24.4. The van der Waals surface area contributed by atoms with Crippen molar-refractivity contribution in [1.82, 2.24) is 9.29 Å². The van der Waals surface area contributed by atoms with E-state index in [1.165, 1.54) is 35.7 Å². The third-order valence-electron chi connectivity index (χ3n) is 7.29. The number of fused-ring (bicyclic) bond motifs is 1. The SMILES string of the molecule is COc1cc(Cc2nccc3cc(OC)c(OC)cc23)c(NC(=O)c2ccc(S(=O)(=O)N3CCOCC3)cc2)cc1OC. The van der Waals surface area contributed by atoms with E-state index in [-0.39, 0.29) is 4.90 Å². The third kappa shape index (κ3) is 6.21. The monoisotopic (exact) mass is 607 g/mol. The number of benzene rings is 3. The highest BCUT2D eigenvalue weighted by atomic mass is 32.2. The van der Waals surface area contributed by atoms with E-state index < -0.39 is 15.9 Å². The van der Waals surface area contributed by atoms with Crippen LogP contribution in [0.15, 0.2) is 65.7 Å². The predicted octanol–water partition coefficient (Wildman–Crippen LogP) is 4.13. The van der Waals surface area contributed by atoms with Gasteiger partial charge < -0.3 is 29.0 Å². The van der Waals surface area contributed by atoms with Gasteiger partial charge in [0.1, 0.15) is 0 Å². The summed E-state index contributed by atoms with van der Waals surface area (Å²) in [5, 5.41) is 4.74. The molecule has 1 amide bonds. The van der Waals surface area contributed by atoms with E-state index in [1.807, 2.05) is 18.2 Å². The topological polar surface area (TPSA) is 126 Å². The Morgan fingerprint density at radius 2 is 1.47 bits per heavy atom. The lowest BCUT2D eigenvalue weighted by Gasteiger charge is -2.26. The fourth-order valence-corrected chi connectivity index (χ4v) is 6.38. The molecule has 11 nitrogen and oxygen atoms in total. The van der Waals surface area contributed by atoms with Crippen molar-refractivity contribution in [1.29, 1.82) is 0 Å². The molecule has 4 aromatic rings. The number of nitrogens with zero attached hydrogens (tertiary/aromatic N) is 2. The molecule has 226 valence electrons. The highest BCUT2D eigenvalue weighted by molar-refractivity contribution is 7.89. The molecule has 1 N–H and O–H groups in total. The number of amides is 1. The molecule has 1 fully saturated rings. The molecule has 0 unspecified atom stereocenters. The van der Waals surface area contributed by atoms with Crippen LogP contribution in [0.2, 0.25) is 0 Å². The Labute approximate surface area is 250 Å². The van der Waals surface area contributed by atoms with Crippen LogP contribution < -0.4 is 24.3 Å². The molecule has 12 heteroatoms. The molecule has 1 aliphatic rings. The van der Waals surface area contributed by atoms with Crippen molar-refractivity contribution < 1.29 is 36.9 Å². The second kappa shape index (κ2) is 12.9. The zero-order valence-corrected chi connectivity index (χ0v) is 25.2. The molecule has 43 heavy (non-hydrogen) atoms. The number of methoxy groups -OCH3 is 4. The maximum Gasteiger partial charge on any atom is 0.255 e. The Balaban J connectivity index is 1.46. The standard InChI is InChI=1S/C31H33N3O8S/c1-38-27-16-21-9-10-32-26(24(21)18-29(27)40-3)15-22-17-28(39-2)30(41-4)19-25(22)33-31(35)20-5-7-23(8-6-20)43(36,37)34-11-13-42-14-12-34/h5-10,16-19H,11-15H2,1-4H3,(H,33,35). The van der Waals surface area contributed by atoms with Crippen LogP contribution in [0.3, 0.4) is 0 Å². The van der Waals surface area contributed by atoms with Crippen molar-refractivity contribution in [3.05, 3.63) is 77.6 Å². The van der Waals surface area contributed by atoms with Crippen molar-refractivity contribution in [3.8, 4) is 23.0 Å². The molecule has 0 bridgehead atoms. The van der Waals surface area contributed by atoms with Gasteiger partial charge in [-0.05, 0) is 59.5 Å². The first kappa shape index (κ1) is 30.1. The highest BCUT2D eigenvalue weighted by Crippen LogP contribution is 2.37. The Kier molecular flexibility index (Phi) is 9.00. The molecule has 1 saturated heterocycles. The predicted molar refractivity (Wildman–Crippen MR) is 161 cm³/mol. The molecule has 2 heterocycles. The minimum Gasteiger partial charge on any atom is -0.493 e. The lowest BCUT2D eigenvalue weighted by molar-refractivity contribution is 0.0730. The zero-order chi connectivity index (χ0) is 30.6. The van der Waals surface area contributed by atoms with Gasteiger partial charge in [0.05, 0.1) is 52.2 Å². The van der Waals surface area contributed by atoms with Gasteiger partial charge in [-0.25, -0.2) is 8.42 Å². The summed E-state index contributed by atoms with van der Waals surface area (Å²) < 4.78 is 54.7. The third-order valence-corrected chi connectivity index (χ3v) is 9.20. The Morgan fingerprint density at radius 1 is 0.860 bits per heavy atom. The number of nitrogens with one attached hydrogen (secondary N) is 1. The number of carbonyl (C=O) groups excluding carboxylic acids is 1. The van der Waals surface area contributed by atoms with Crippen molar-refractivity contribution in [2.45, 2.75) is 11.3 Å². The number of carbonyl (C=O) groups is 1. The van der Waals surface area contributed by atoms with Crippen LogP contribution in [0.1, 0.15) is 21.6 Å². The van der Waals surface area contributed by atoms with Gasteiger partial charge in [0.2, 0.25) is 10.0 Å². The summed E-state index contributed by atoms with van der Waals surface area (Å²) in [7, 11) is 2.54. The summed E-state index contributed by atoms with van der Waals surface area (Å²) in [5.41, 5.74) is 2.26. The molecule has 3 aromatic carbocycles. The number of pyridine rings is 1. The highest BCUT2D eigenvalue weighted by Gasteiger charge is 2.26. The first-order valence-corrected chi connectivity index (χ1v) is 15.0. The van der Waals surface area contributed by atoms with Gasteiger partial charge in [-0.15, -0.1) is 0 Å². The van der Waals surface area contributed by atoms with Gasteiger partial charge in [-0.2, -0.15) is 4.31 Å². The minimum absolute atomic E-state index is 0.117. The summed E-state index contributed by atoms with van der Waals surface area (Å²) in [5.74, 6) is 1.69. The molecule has 0 saturated carbocycles. The number of ether oxygens (including phenoxy) is 5. The largest absolute Gasteiger partial charge is 0.493 e. The summed E-state index contributed by atoms with van der Waals surface area (Å²) in [6.07, 6.45) is 2.06. The Morgan fingerprint density at radius 3 is 2.12 bits per heavy atom. The summed E-state index contributed by atoms with van der Waals surface area (Å²) >= 11 is 0. The molecule has 0 aliphatic carbocycles. The van der Waals surface area contributed by atoms with E-state index in [0.29, 0.717) is 67.0 Å². The van der Waals surface area contributed by atoms with Crippen LogP contribution in [-0.4, -0.2) is 78.4 Å². The van der Waals surface area contributed by atoms with Gasteiger partial charge in [0.25, 0.3) is 5.91 Å². The van der Waals surface area contributed by atoms with Crippen molar-refractivity contribution in [2.75, 3.05) is 60.1 Å². The minimum atomic E-state index is -3.68. The summed E-state index contributed by atoms with van der Waals surface area (Å²) in [6, 6.07) is 15.0. The first-order chi connectivity index (χ1) is 20.8. The van der Waals surface area contributed by atoms with Crippen molar-refractivity contribution in [2.24, 2.45) is 0 Å². The lowest BCUT2D eigenvalue weighted by atomic mass is 10.0. The van der Waals surface area contributed by atoms with Crippen LogP contribution in [0.5, 0.6) is 23.0 Å². The van der Waals surface area contributed by atoms with E-state index in [9.17, 15) is 13.2 Å². The number of rotatable bonds is 10. The van der Waals surface area contributed by atoms with Crippen LogP contribution in [-0.2, 0) is 21.2 Å². The molecule has 0 atom stereocenters. The average Bonchev–Trinajstić information content (AvgIpc) is 3.05. The maximum atomic E-state index is 13.4. The molecule has 0 radical (unpaired) electrons. The second-order valence-electron chi connectivity index (χ2n) is 9.72. The van der Waals surface area contributed by atoms with Gasteiger partial charge in [0.15, 0.2) is 23.0 Å². The number of hydrogen-bond donors (Lipinski definition) is 1. The quantitative estimate of drug-likeness (QED) is 0.283. The fourth-order valence-electron chi connectivity index (χ4n) is 4.97. The van der Waals surface area contributed by atoms with E-state index in [2.05, 4.69) is 10.3 Å². The number of morpholine rings is 1. The lowest BCUT2D eigenvalue weighted by Crippen LogP contribution is -2.40. The second-order valence-corrected chi connectivity index (χ2v) is 11.7. The molecule has 1 aliphatic heterocycles.